The van der Waals surface area contributed by atoms with Gasteiger partial charge in [0, 0.05) is 24.0 Å². The Balaban J connectivity index is 2.28. The molecule has 0 bridgehead atoms. The van der Waals surface area contributed by atoms with Crippen LogP contribution in [-0.4, -0.2) is 23.5 Å². The van der Waals surface area contributed by atoms with Crippen molar-refractivity contribution in [3.8, 4) is 0 Å². The molecule has 1 aromatic heterocycles. The number of carbonyl (C=O) groups excluding carboxylic acids is 1. The second-order valence-electron chi connectivity index (χ2n) is 4.19. The SMILES string of the molecule is Cc1csc(CCNC(=O)C(N)C(C)C)n1. The highest BCUT2D eigenvalue weighted by Gasteiger charge is 2.16. The van der Waals surface area contributed by atoms with E-state index < -0.39 is 6.04 Å². The Morgan fingerprint density at radius 1 is 1.62 bits per heavy atom. The number of nitrogens with two attached hydrogens (primary N) is 1. The fourth-order valence-corrected chi connectivity index (χ4v) is 2.01. The first-order chi connectivity index (χ1) is 7.50. The lowest BCUT2D eigenvalue weighted by atomic mass is 10.1. The predicted molar refractivity (Wildman–Crippen MR) is 66.4 cm³/mol. The Morgan fingerprint density at radius 2 is 2.31 bits per heavy atom. The highest BCUT2D eigenvalue weighted by atomic mass is 32.1. The summed E-state index contributed by atoms with van der Waals surface area (Å²) < 4.78 is 0. The van der Waals surface area contributed by atoms with Crippen molar-refractivity contribution in [2.45, 2.75) is 33.2 Å². The highest BCUT2D eigenvalue weighted by molar-refractivity contribution is 7.09. The fraction of sp³-hybridized carbons (Fsp3) is 0.636. The summed E-state index contributed by atoms with van der Waals surface area (Å²) in [5.74, 6) is 0.0883. The van der Waals surface area contributed by atoms with Gasteiger partial charge in [0.05, 0.1) is 11.0 Å². The zero-order chi connectivity index (χ0) is 12.1. The molecule has 0 spiro atoms. The van der Waals surface area contributed by atoms with Crippen molar-refractivity contribution in [1.82, 2.24) is 10.3 Å². The van der Waals surface area contributed by atoms with Gasteiger partial charge in [0.1, 0.15) is 0 Å². The number of nitrogens with one attached hydrogen (secondary N) is 1. The van der Waals surface area contributed by atoms with E-state index in [2.05, 4.69) is 10.3 Å². The molecule has 1 heterocycles. The first kappa shape index (κ1) is 13.1. The molecule has 0 aliphatic carbocycles. The standard InChI is InChI=1S/C11H19N3OS/c1-7(2)10(12)11(15)13-5-4-9-14-8(3)6-16-9/h6-7,10H,4-5,12H2,1-3H3,(H,13,15). The van der Waals surface area contributed by atoms with Crippen LogP contribution in [-0.2, 0) is 11.2 Å². The van der Waals surface area contributed by atoms with Gasteiger partial charge >= 0.3 is 0 Å². The number of aromatic nitrogens is 1. The normalized spacial score (nSPS) is 12.8. The minimum Gasteiger partial charge on any atom is -0.354 e. The maximum atomic E-state index is 11.5. The van der Waals surface area contributed by atoms with Crippen molar-refractivity contribution in [3.05, 3.63) is 16.1 Å². The Hall–Kier alpha value is -0.940. The molecular formula is C11H19N3OS. The van der Waals surface area contributed by atoms with Crippen molar-refractivity contribution >= 4 is 17.2 Å². The Labute approximate surface area is 100 Å². The number of nitrogens with zero attached hydrogens (tertiary/aromatic N) is 1. The summed E-state index contributed by atoms with van der Waals surface area (Å²) >= 11 is 1.62. The molecule has 0 radical (unpaired) electrons. The number of carbonyl (C=O) groups is 1. The van der Waals surface area contributed by atoms with Gasteiger partial charge < -0.3 is 11.1 Å². The maximum absolute atomic E-state index is 11.5. The van der Waals surface area contributed by atoms with Crippen LogP contribution in [0.2, 0.25) is 0 Å². The number of amides is 1. The van der Waals surface area contributed by atoms with E-state index in [0.717, 1.165) is 17.1 Å². The predicted octanol–water partition coefficient (Wildman–Crippen LogP) is 1.09. The first-order valence-electron chi connectivity index (χ1n) is 5.45. The van der Waals surface area contributed by atoms with Crippen molar-refractivity contribution in [1.29, 1.82) is 0 Å². The van der Waals surface area contributed by atoms with E-state index in [0.29, 0.717) is 6.54 Å². The molecule has 5 heteroatoms. The van der Waals surface area contributed by atoms with Crippen LogP contribution in [0, 0.1) is 12.8 Å². The maximum Gasteiger partial charge on any atom is 0.237 e. The van der Waals surface area contributed by atoms with Gasteiger partial charge in [-0.3, -0.25) is 4.79 Å². The molecule has 1 unspecified atom stereocenters. The van der Waals surface area contributed by atoms with E-state index in [9.17, 15) is 4.79 Å². The Kier molecular flexibility index (Phi) is 4.89. The molecule has 0 saturated heterocycles. The third-order valence-electron chi connectivity index (χ3n) is 2.33. The van der Waals surface area contributed by atoms with Crippen molar-refractivity contribution in [2.24, 2.45) is 11.7 Å². The molecule has 3 N–H and O–H groups in total. The minimum absolute atomic E-state index is 0.0803. The molecule has 1 atom stereocenters. The molecule has 1 rings (SSSR count). The van der Waals surface area contributed by atoms with Crippen LogP contribution in [0.1, 0.15) is 24.5 Å². The Bertz CT molecular complexity index is 349. The van der Waals surface area contributed by atoms with E-state index in [1.165, 1.54) is 0 Å². The smallest absolute Gasteiger partial charge is 0.237 e. The quantitative estimate of drug-likeness (QED) is 0.811. The van der Waals surface area contributed by atoms with E-state index in [1.807, 2.05) is 26.2 Å². The lowest BCUT2D eigenvalue weighted by molar-refractivity contribution is -0.123. The molecule has 1 aromatic rings. The lowest BCUT2D eigenvalue weighted by Crippen LogP contribution is -2.44. The third-order valence-corrected chi connectivity index (χ3v) is 3.35. The van der Waals surface area contributed by atoms with Gasteiger partial charge in [0.25, 0.3) is 0 Å². The van der Waals surface area contributed by atoms with E-state index in [1.54, 1.807) is 11.3 Å². The number of hydrogen-bond acceptors (Lipinski definition) is 4. The van der Waals surface area contributed by atoms with Gasteiger partial charge in [-0.05, 0) is 12.8 Å². The minimum atomic E-state index is -0.418. The average molecular weight is 241 g/mol. The van der Waals surface area contributed by atoms with Gasteiger partial charge in [0.15, 0.2) is 0 Å². The molecule has 0 fully saturated rings. The zero-order valence-corrected chi connectivity index (χ0v) is 10.8. The van der Waals surface area contributed by atoms with Gasteiger partial charge in [-0.2, -0.15) is 0 Å². The van der Waals surface area contributed by atoms with Crippen LogP contribution in [0.15, 0.2) is 5.38 Å². The van der Waals surface area contributed by atoms with Gasteiger partial charge in [-0.25, -0.2) is 4.98 Å². The van der Waals surface area contributed by atoms with E-state index in [4.69, 9.17) is 5.73 Å². The molecule has 0 saturated carbocycles. The van der Waals surface area contributed by atoms with Crippen LogP contribution in [0.3, 0.4) is 0 Å². The fourth-order valence-electron chi connectivity index (χ4n) is 1.23. The highest BCUT2D eigenvalue weighted by Crippen LogP contribution is 2.08. The molecule has 0 aliphatic heterocycles. The molecule has 0 aliphatic rings. The van der Waals surface area contributed by atoms with Crippen molar-refractivity contribution in [2.75, 3.05) is 6.54 Å². The summed E-state index contributed by atoms with van der Waals surface area (Å²) in [6.07, 6.45) is 0.773. The van der Waals surface area contributed by atoms with Crippen LogP contribution < -0.4 is 11.1 Å². The third kappa shape index (κ3) is 3.90. The molecule has 1 amide bonds. The van der Waals surface area contributed by atoms with E-state index >= 15 is 0 Å². The number of thiazole rings is 1. The molecule has 4 nitrogen and oxygen atoms in total. The summed E-state index contributed by atoms with van der Waals surface area (Å²) in [5.41, 5.74) is 6.75. The van der Waals surface area contributed by atoms with Crippen molar-refractivity contribution < 1.29 is 4.79 Å². The average Bonchev–Trinajstić information content (AvgIpc) is 2.62. The van der Waals surface area contributed by atoms with Crippen LogP contribution in [0.25, 0.3) is 0 Å². The van der Waals surface area contributed by atoms with Crippen LogP contribution >= 0.6 is 11.3 Å². The van der Waals surface area contributed by atoms with Gasteiger partial charge in [-0.15, -0.1) is 11.3 Å². The number of rotatable bonds is 5. The topological polar surface area (TPSA) is 68.0 Å². The monoisotopic (exact) mass is 241 g/mol. The molecule has 90 valence electrons. The molecular weight excluding hydrogens is 222 g/mol. The van der Waals surface area contributed by atoms with Crippen LogP contribution in [0.5, 0.6) is 0 Å². The lowest BCUT2D eigenvalue weighted by Gasteiger charge is -2.14. The summed E-state index contributed by atoms with van der Waals surface area (Å²) in [6, 6.07) is -0.418. The van der Waals surface area contributed by atoms with Crippen LogP contribution in [0.4, 0.5) is 0 Å². The summed E-state index contributed by atoms with van der Waals surface area (Å²) in [6.45, 7) is 6.45. The van der Waals surface area contributed by atoms with E-state index in [-0.39, 0.29) is 11.8 Å². The summed E-state index contributed by atoms with van der Waals surface area (Å²) in [7, 11) is 0. The zero-order valence-electron chi connectivity index (χ0n) is 9.99. The van der Waals surface area contributed by atoms with Gasteiger partial charge in [-0.1, -0.05) is 13.8 Å². The summed E-state index contributed by atoms with van der Waals surface area (Å²) in [4.78, 5) is 15.9. The Morgan fingerprint density at radius 3 is 2.81 bits per heavy atom. The summed E-state index contributed by atoms with van der Waals surface area (Å²) in [5, 5.41) is 5.89. The van der Waals surface area contributed by atoms with Crippen molar-refractivity contribution in [3.63, 3.8) is 0 Å². The second-order valence-corrected chi connectivity index (χ2v) is 5.14. The largest absolute Gasteiger partial charge is 0.354 e. The van der Waals surface area contributed by atoms with Gasteiger partial charge in [0.2, 0.25) is 5.91 Å². The first-order valence-corrected chi connectivity index (χ1v) is 6.33. The molecule has 16 heavy (non-hydrogen) atoms. The number of aryl methyl sites for hydroxylation is 1. The number of hydrogen-bond donors (Lipinski definition) is 2. The second kappa shape index (κ2) is 5.96. The molecule has 0 aromatic carbocycles.